The van der Waals surface area contributed by atoms with Crippen LogP contribution in [0.2, 0.25) is 0 Å². The molecule has 0 spiro atoms. The minimum atomic E-state index is -3.50. The summed E-state index contributed by atoms with van der Waals surface area (Å²) in [5.41, 5.74) is 2.47. The van der Waals surface area contributed by atoms with Crippen LogP contribution in [-0.2, 0) is 22.9 Å². The van der Waals surface area contributed by atoms with Crippen LogP contribution in [0.5, 0.6) is 5.88 Å². The van der Waals surface area contributed by atoms with Crippen molar-refractivity contribution in [1.29, 1.82) is 0 Å². The molecule has 2 heterocycles. The van der Waals surface area contributed by atoms with E-state index in [-0.39, 0.29) is 6.10 Å². The van der Waals surface area contributed by atoms with Gasteiger partial charge in [0.25, 0.3) is 0 Å². The molecule has 7 heteroatoms. The monoisotopic (exact) mass is 373 g/mol. The molecule has 138 valence electrons. The first-order chi connectivity index (χ1) is 12.6. The largest absolute Gasteiger partial charge is 0.472 e. The van der Waals surface area contributed by atoms with Gasteiger partial charge < -0.3 is 4.74 Å². The van der Waals surface area contributed by atoms with Crippen molar-refractivity contribution in [2.75, 3.05) is 13.1 Å². The molecule has 1 aliphatic heterocycles. The molecule has 1 unspecified atom stereocenters. The number of nitrogens with zero attached hydrogens (tertiary/aromatic N) is 3. The summed E-state index contributed by atoms with van der Waals surface area (Å²) in [6.07, 6.45) is 7.31. The van der Waals surface area contributed by atoms with Crippen LogP contribution in [0.3, 0.4) is 0 Å². The van der Waals surface area contributed by atoms with Gasteiger partial charge in [-0.3, -0.25) is 0 Å². The number of rotatable bonds is 4. The number of sulfonamides is 1. The first kappa shape index (κ1) is 17.4. The molecule has 0 bridgehead atoms. The van der Waals surface area contributed by atoms with Crippen molar-refractivity contribution < 1.29 is 13.2 Å². The molecule has 6 nitrogen and oxygen atoms in total. The summed E-state index contributed by atoms with van der Waals surface area (Å²) in [6, 6.07) is 9.11. The number of piperidine rings is 1. The Hall–Kier alpha value is -1.99. The number of hydrogen-bond acceptors (Lipinski definition) is 5. The highest BCUT2D eigenvalue weighted by atomic mass is 32.2. The summed E-state index contributed by atoms with van der Waals surface area (Å²) < 4.78 is 33.6. The number of aryl methyl sites for hydroxylation is 2. The Balaban J connectivity index is 1.52. The van der Waals surface area contributed by atoms with Gasteiger partial charge in [0.15, 0.2) is 0 Å². The van der Waals surface area contributed by atoms with E-state index in [4.69, 9.17) is 4.74 Å². The lowest BCUT2D eigenvalue weighted by Gasteiger charge is -2.32. The highest BCUT2D eigenvalue weighted by Gasteiger charge is 2.32. The maximum atomic E-state index is 13.1. The fourth-order valence-electron chi connectivity index (χ4n) is 3.76. The number of fused-ring (bicyclic) bond motifs is 1. The van der Waals surface area contributed by atoms with Crippen molar-refractivity contribution in [3.63, 3.8) is 0 Å². The molecule has 26 heavy (non-hydrogen) atoms. The second-order valence-electron chi connectivity index (χ2n) is 6.94. The van der Waals surface area contributed by atoms with Crippen LogP contribution in [0.4, 0.5) is 0 Å². The molecular weight excluding hydrogens is 350 g/mol. The van der Waals surface area contributed by atoms with Crippen LogP contribution < -0.4 is 4.74 Å². The van der Waals surface area contributed by atoms with Gasteiger partial charge in [-0.25, -0.2) is 8.42 Å². The SMILES string of the molecule is O=S(=O)(c1ccc2c(c1)CCCC2)N1CCCC(Oc2cccnn2)C1. The molecule has 2 aromatic rings. The van der Waals surface area contributed by atoms with Gasteiger partial charge in [-0.1, -0.05) is 6.07 Å². The van der Waals surface area contributed by atoms with E-state index >= 15 is 0 Å². The van der Waals surface area contributed by atoms with Crippen molar-refractivity contribution in [3.05, 3.63) is 47.7 Å². The van der Waals surface area contributed by atoms with E-state index in [0.29, 0.717) is 23.9 Å². The zero-order chi connectivity index (χ0) is 18.0. The lowest BCUT2D eigenvalue weighted by Crippen LogP contribution is -2.44. The van der Waals surface area contributed by atoms with Crippen molar-refractivity contribution in [3.8, 4) is 5.88 Å². The molecule has 0 amide bonds. The zero-order valence-electron chi connectivity index (χ0n) is 14.7. The van der Waals surface area contributed by atoms with E-state index in [2.05, 4.69) is 10.2 Å². The third-order valence-corrected chi connectivity index (χ3v) is 6.99. The van der Waals surface area contributed by atoms with Crippen LogP contribution in [0, 0.1) is 0 Å². The summed E-state index contributed by atoms with van der Waals surface area (Å²) in [4.78, 5) is 0.401. The van der Waals surface area contributed by atoms with E-state index in [1.54, 1.807) is 28.7 Å². The normalized spacial score (nSPS) is 21.2. The Morgan fingerprint density at radius 1 is 1.08 bits per heavy atom. The molecule has 4 rings (SSSR count). The molecular formula is C19H23N3O3S. The predicted molar refractivity (Wildman–Crippen MR) is 97.5 cm³/mol. The fraction of sp³-hybridized carbons (Fsp3) is 0.474. The first-order valence-corrected chi connectivity index (χ1v) is 10.6. The summed E-state index contributed by atoms with van der Waals surface area (Å²) in [5.74, 6) is 0.436. The third-order valence-electron chi connectivity index (χ3n) is 5.13. The quantitative estimate of drug-likeness (QED) is 0.824. The van der Waals surface area contributed by atoms with Gasteiger partial charge in [0.1, 0.15) is 6.10 Å². The van der Waals surface area contributed by atoms with Crippen LogP contribution in [-0.4, -0.2) is 42.1 Å². The van der Waals surface area contributed by atoms with E-state index in [1.807, 2.05) is 12.1 Å². The second kappa shape index (κ2) is 7.32. The minimum absolute atomic E-state index is 0.201. The maximum Gasteiger partial charge on any atom is 0.243 e. The predicted octanol–water partition coefficient (Wildman–Crippen LogP) is 2.59. The summed E-state index contributed by atoms with van der Waals surface area (Å²) >= 11 is 0. The molecule has 0 N–H and O–H groups in total. The molecule has 0 radical (unpaired) electrons. The molecule has 1 aromatic carbocycles. The Kier molecular flexibility index (Phi) is 4.91. The molecule has 1 fully saturated rings. The van der Waals surface area contributed by atoms with Crippen LogP contribution >= 0.6 is 0 Å². The van der Waals surface area contributed by atoms with Gasteiger partial charge in [0.05, 0.1) is 11.4 Å². The first-order valence-electron chi connectivity index (χ1n) is 9.19. The van der Waals surface area contributed by atoms with Crippen molar-refractivity contribution in [2.45, 2.75) is 49.5 Å². The molecule has 1 saturated heterocycles. The van der Waals surface area contributed by atoms with Crippen molar-refractivity contribution in [2.24, 2.45) is 0 Å². The maximum absolute atomic E-state index is 13.1. The van der Waals surface area contributed by atoms with Gasteiger partial charge in [0.2, 0.25) is 15.9 Å². The molecule has 1 atom stereocenters. The van der Waals surface area contributed by atoms with Crippen LogP contribution in [0.15, 0.2) is 41.4 Å². The molecule has 1 aliphatic carbocycles. The highest BCUT2D eigenvalue weighted by Crippen LogP contribution is 2.27. The van der Waals surface area contributed by atoms with Crippen LogP contribution in [0.1, 0.15) is 36.8 Å². The molecule has 0 saturated carbocycles. The average Bonchev–Trinajstić information content (AvgIpc) is 2.68. The number of benzene rings is 1. The standard InChI is InChI=1S/C19H23N3O3S/c23-26(24,18-10-9-15-5-1-2-6-16(15)13-18)22-12-4-7-17(14-22)25-19-8-3-11-20-21-19/h3,8-11,13,17H,1-2,4-7,12,14H2. The van der Waals surface area contributed by atoms with Gasteiger partial charge >= 0.3 is 0 Å². The zero-order valence-corrected chi connectivity index (χ0v) is 15.5. The second-order valence-corrected chi connectivity index (χ2v) is 8.88. The summed E-state index contributed by atoms with van der Waals surface area (Å²) in [5, 5.41) is 7.73. The van der Waals surface area contributed by atoms with Gasteiger partial charge in [-0.2, -0.15) is 9.40 Å². The van der Waals surface area contributed by atoms with E-state index in [0.717, 1.165) is 32.1 Å². The van der Waals surface area contributed by atoms with E-state index in [1.165, 1.54) is 17.5 Å². The number of hydrogen-bond donors (Lipinski definition) is 0. The Morgan fingerprint density at radius 3 is 2.73 bits per heavy atom. The van der Waals surface area contributed by atoms with Gasteiger partial charge in [-0.05, 0) is 67.9 Å². The van der Waals surface area contributed by atoms with Crippen molar-refractivity contribution >= 4 is 10.0 Å². The summed E-state index contributed by atoms with van der Waals surface area (Å²) in [7, 11) is -3.50. The van der Waals surface area contributed by atoms with Gasteiger partial charge in [0, 0.05) is 18.8 Å². The molecule has 1 aromatic heterocycles. The number of aromatic nitrogens is 2. The van der Waals surface area contributed by atoms with E-state index in [9.17, 15) is 8.42 Å². The Labute approximate surface area is 154 Å². The van der Waals surface area contributed by atoms with Crippen LogP contribution in [0.25, 0.3) is 0 Å². The molecule has 2 aliphatic rings. The fourth-order valence-corrected chi connectivity index (χ4v) is 5.32. The van der Waals surface area contributed by atoms with E-state index < -0.39 is 10.0 Å². The van der Waals surface area contributed by atoms with Crippen molar-refractivity contribution in [1.82, 2.24) is 14.5 Å². The third kappa shape index (κ3) is 3.59. The topological polar surface area (TPSA) is 72.4 Å². The lowest BCUT2D eigenvalue weighted by molar-refractivity contribution is 0.123. The number of ether oxygens (including phenoxy) is 1. The lowest BCUT2D eigenvalue weighted by atomic mass is 9.92. The smallest absolute Gasteiger partial charge is 0.243 e. The Morgan fingerprint density at radius 2 is 1.92 bits per heavy atom. The van der Waals surface area contributed by atoms with Gasteiger partial charge in [-0.15, -0.1) is 5.10 Å². The summed E-state index contributed by atoms with van der Waals surface area (Å²) in [6.45, 7) is 0.871. The highest BCUT2D eigenvalue weighted by molar-refractivity contribution is 7.89. The Bertz CT molecular complexity index is 871. The average molecular weight is 373 g/mol. The minimum Gasteiger partial charge on any atom is -0.472 e.